The van der Waals surface area contributed by atoms with Crippen LogP contribution in [-0.4, -0.2) is 15.3 Å². The zero-order chi connectivity index (χ0) is 15.8. The molecule has 0 spiro atoms. The summed E-state index contributed by atoms with van der Waals surface area (Å²) in [6.45, 7) is 0. The zero-order valence-corrected chi connectivity index (χ0v) is 12.5. The standard InChI is InChI=1S/C16H10FN3O2S/c17-11-5-3-10(4-6-11)13-14(20-7-9-23-16(20)18-13)19-15(21)12-2-1-8-22-12/h1-9H,(H,19,21). The van der Waals surface area contributed by atoms with Gasteiger partial charge < -0.3 is 9.73 Å². The minimum Gasteiger partial charge on any atom is -0.459 e. The topological polar surface area (TPSA) is 59.5 Å². The normalized spacial score (nSPS) is 11.0. The van der Waals surface area contributed by atoms with E-state index in [0.717, 1.165) is 10.5 Å². The Morgan fingerprint density at radius 2 is 2.09 bits per heavy atom. The van der Waals surface area contributed by atoms with Crippen molar-refractivity contribution in [3.05, 3.63) is 65.8 Å². The van der Waals surface area contributed by atoms with E-state index in [9.17, 15) is 9.18 Å². The van der Waals surface area contributed by atoms with Crippen LogP contribution in [0.25, 0.3) is 16.2 Å². The molecule has 3 aromatic heterocycles. The second-order valence-corrected chi connectivity index (χ2v) is 5.68. The Labute approximate surface area is 134 Å². The van der Waals surface area contributed by atoms with Crippen LogP contribution in [0.1, 0.15) is 10.6 Å². The SMILES string of the molecule is O=C(Nc1c(-c2ccc(F)cc2)nc2sccn12)c1ccco1. The Bertz CT molecular complexity index is 971. The molecule has 0 saturated carbocycles. The van der Waals surface area contributed by atoms with E-state index in [1.165, 1.54) is 29.7 Å². The summed E-state index contributed by atoms with van der Waals surface area (Å²) in [5.74, 6) is 0.0387. The number of thiazole rings is 1. The third-order valence-corrected chi connectivity index (χ3v) is 4.11. The summed E-state index contributed by atoms with van der Waals surface area (Å²) in [6, 6.07) is 9.21. The monoisotopic (exact) mass is 327 g/mol. The molecule has 3 heterocycles. The number of anilines is 1. The fourth-order valence-corrected chi connectivity index (χ4v) is 3.01. The molecule has 1 N–H and O–H groups in total. The second-order valence-electron chi connectivity index (χ2n) is 4.80. The number of rotatable bonds is 3. The molecule has 0 unspecified atom stereocenters. The molecule has 23 heavy (non-hydrogen) atoms. The average molecular weight is 327 g/mol. The highest BCUT2D eigenvalue weighted by molar-refractivity contribution is 7.15. The predicted octanol–water partition coefficient (Wildman–Crippen LogP) is 4.05. The number of carbonyl (C=O) groups is 1. The molecule has 0 aliphatic carbocycles. The molecule has 0 aliphatic rings. The molecule has 5 nitrogen and oxygen atoms in total. The molecule has 4 aromatic rings. The van der Waals surface area contributed by atoms with Crippen molar-refractivity contribution in [1.82, 2.24) is 9.38 Å². The van der Waals surface area contributed by atoms with Crippen LogP contribution in [-0.2, 0) is 0 Å². The van der Waals surface area contributed by atoms with E-state index in [1.54, 1.807) is 28.7 Å². The lowest BCUT2D eigenvalue weighted by atomic mass is 10.1. The van der Waals surface area contributed by atoms with Crippen LogP contribution in [0.2, 0.25) is 0 Å². The summed E-state index contributed by atoms with van der Waals surface area (Å²) < 4.78 is 20.0. The van der Waals surface area contributed by atoms with Gasteiger partial charge in [-0.1, -0.05) is 0 Å². The van der Waals surface area contributed by atoms with Crippen molar-refractivity contribution in [3.8, 4) is 11.3 Å². The summed E-state index contributed by atoms with van der Waals surface area (Å²) in [4.78, 5) is 17.5. The van der Waals surface area contributed by atoms with Crippen LogP contribution >= 0.6 is 11.3 Å². The van der Waals surface area contributed by atoms with Gasteiger partial charge in [0.05, 0.1) is 6.26 Å². The Morgan fingerprint density at radius 3 is 2.83 bits per heavy atom. The van der Waals surface area contributed by atoms with E-state index in [4.69, 9.17) is 4.42 Å². The fourth-order valence-electron chi connectivity index (χ4n) is 2.29. The highest BCUT2D eigenvalue weighted by atomic mass is 32.1. The number of carbonyl (C=O) groups excluding carboxylic acids is 1. The molecular weight excluding hydrogens is 317 g/mol. The van der Waals surface area contributed by atoms with Crippen molar-refractivity contribution in [2.24, 2.45) is 0 Å². The second kappa shape index (κ2) is 5.36. The van der Waals surface area contributed by atoms with Crippen molar-refractivity contribution < 1.29 is 13.6 Å². The lowest BCUT2D eigenvalue weighted by Gasteiger charge is -2.05. The first-order chi connectivity index (χ1) is 11.2. The van der Waals surface area contributed by atoms with E-state index in [-0.39, 0.29) is 17.5 Å². The largest absolute Gasteiger partial charge is 0.459 e. The Balaban J connectivity index is 1.80. The lowest BCUT2D eigenvalue weighted by Crippen LogP contribution is -2.13. The Morgan fingerprint density at radius 1 is 1.26 bits per heavy atom. The third-order valence-electron chi connectivity index (χ3n) is 3.36. The van der Waals surface area contributed by atoms with E-state index in [1.807, 2.05) is 11.6 Å². The first-order valence-corrected chi connectivity index (χ1v) is 7.67. The number of hydrogen-bond acceptors (Lipinski definition) is 4. The van der Waals surface area contributed by atoms with Gasteiger partial charge in [-0.15, -0.1) is 11.3 Å². The highest BCUT2D eigenvalue weighted by Gasteiger charge is 2.19. The molecule has 1 amide bonds. The van der Waals surface area contributed by atoms with Gasteiger partial charge in [0.25, 0.3) is 5.91 Å². The minimum atomic E-state index is -0.369. The van der Waals surface area contributed by atoms with Gasteiger partial charge in [0, 0.05) is 17.1 Å². The van der Waals surface area contributed by atoms with Crippen molar-refractivity contribution in [2.75, 3.05) is 5.32 Å². The Kier molecular flexibility index (Phi) is 3.20. The molecule has 114 valence electrons. The van der Waals surface area contributed by atoms with Gasteiger partial charge in [0.15, 0.2) is 10.7 Å². The molecule has 0 saturated heterocycles. The summed E-state index contributed by atoms with van der Waals surface area (Å²) in [6.07, 6.45) is 3.25. The van der Waals surface area contributed by atoms with Crippen molar-refractivity contribution >= 4 is 28.0 Å². The number of aromatic nitrogens is 2. The van der Waals surface area contributed by atoms with Gasteiger partial charge in [0.2, 0.25) is 0 Å². The van der Waals surface area contributed by atoms with E-state index in [2.05, 4.69) is 10.3 Å². The zero-order valence-electron chi connectivity index (χ0n) is 11.7. The lowest BCUT2D eigenvalue weighted by molar-refractivity contribution is 0.0996. The van der Waals surface area contributed by atoms with Crippen LogP contribution in [0.15, 0.2) is 58.7 Å². The van der Waals surface area contributed by atoms with Gasteiger partial charge in [-0.2, -0.15) is 0 Å². The number of halogens is 1. The first kappa shape index (κ1) is 13.7. The average Bonchev–Trinajstić information content (AvgIpc) is 3.26. The summed E-state index contributed by atoms with van der Waals surface area (Å²) >= 11 is 1.45. The molecule has 1 aromatic carbocycles. The maximum Gasteiger partial charge on any atom is 0.292 e. The van der Waals surface area contributed by atoms with Crippen molar-refractivity contribution in [3.63, 3.8) is 0 Å². The van der Waals surface area contributed by atoms with Gasteiger partial charge in [-0.3, -0.25) is 9.20 Å². The fraction of sp³-hybridized carbons (Fsp3) is 0. The van der Waals surface area contributed by atoms with Crippen LogP contribution in [0.4, 0.5) is 10.2 Å². The molecule has 0 bridgehead atoms. The number of nitrogens with zero attached hydrogens (tertiary/aromatic N) is 2. The molecule has 0 fully saturated rings. The quantitative estimate of drug-likeness (QED) is 0.617. The van der Waals surface area contributed by atoms with Gasteiger partial charge in [-0.05, 0) is 36.4 Å². The number of hydrogen-bond donors (Lipinski definition) is 1. The number of amides is 1. The van der Waals surface area contributed by atoms with Crippen molar-refractivity contribution in [1.29, 1.82) is 0 Å². The summed E-state index contributed by atoms with van der Waals surface area (Å²) in [5.41, 5.74) is 1.30. The molecule has 0 atom stereocenters. The molecule has 7 heteroatoms. The number of nitrogens with one attached hydrogen (secondary N) is 1. The molecule has 0 radical (unpaired) electrons. The van der Waals surface area contributed by atoms with Gasteiger partial charge in [0.1, 0.15) is 17.3 Å². The van der Waals surface area contributed by atoms with Crippen molar-refractivity contribution in [2.45, 2.75) is 0 Å². The third kappa shape index (κ3) is 2.40. The van der Waals surface area contributed by atoms with Gasteiger partial charge >= 0.3 is 0 Å². The number of benzene rings is 1. The number of fused-ring (bicyclic) bond motifs is 1. The number of furan rings is 1. The molecular formula is C16H10FN3O2S. The van der Waals surface area contributed by atoms with E-state index in [0.29, 0.717) is 11.5 Å². The van der Waals surface area contributed by atoms with Crippen LogP contribution < -0.4 is 5.32 Å². The van der Waals surface area contributed by atoms with E-state index < -0.39 is 0 Å². The molecule has 0 aliphatic heterocycles. The van der Waals surface area contributed by atoms with Gasteiger partial charge in [-0.25, -0.2) is 9.37 Å². The Hall–Kier alpha value is -2.93. The van der Waals surface area contributed by atoms with Crippen LogP contribution in [0, 0.1) is 5.82 Å². The van der Waals surface area contributed by atoms with Crippen LogP contribution in [0.3, 0.4) is 0 Å². The van der Waals surface area contributed by atoms with E-state index >= 15 is 0 Å². The summed E-state index contributed by atoms with van der Waals surface area (Å²) in [7, 11) is 0. The number of imidazole rings is 1. The van der Waals surface area contributed by atoms with Crippen LogP contribution in [0.5, 0.6) is 0 Å². The first-order valence-electron chi connectivity index (χ1n) is 6.79. The smallest absolute Gasteiger partial charge is 0.292 e. The predicted molar refractivity (Wildman–Crippen MR) is 85.1 cm³/mol. The summed E-state index contributed by atoms with van der Waals surface area (Å²) in [5, 5.41) is 4.69. The minimum absolute atomic E-state index is 0.209. The maximum absolute atomic E-state index is 13.1. The maximum atomic E-state index is 13.1. The highest BCUT2D eigenvalue weighted by Crippen LogP contribution is 2.31. The molecule has 4 rings (SSSR count).